The minimum absolute atomic E-state index is 0.0104. The summed E-state index contributed by atoms with van der Waals surface area (Å²) in [5.74, 6) is 1.60. The predicted molar refractivity (Wildman–Crippen MR) is 162 cm³/mol. The van der Waals surface area contributed by atoms with E-state index in [4.69, 9.17) is 4.74 Å². The van der Waals surface area contributed by atoms with E-state index < -0.39 is 11.3 Å². The molecule has 6 rings (SSSR count). The first-order chi connectivity index (χ1) is 19.1. The Labute approximate surface area is 248 Å². The summed E-state index contributed by atoms with van der Waals surface area (Å²) in [5.41, 5.74) is 0.330. The number of Topliss-reactive ketones (excluding diaryl/α,β-unsaturated/α-hetero) is 3. The molecule has 4 nitrogen and oxygen atoms in total. The van der Waals surface area contributed by atoms with Crippen molar-refractivity contribution >= 4 is 17.3 Å². The maximum atomic E-state index is 15.0. The van der Waals surface area contributed by atoms with E-state index in [0.29, 0.717) is 29.5 Å². The zero-order valence-electron chi connectivity index (χ0n) is 27.0. The Morgan fingerprint density at radius 2 is 1.78 bits per heavy atom. The van der Waals surface area contributed by atoms with Crippen molar-refractivity contribution in [3.8, 4) is 0 Å². The number of ketones is 3. The number of carbonyl (C=O) groups is 3. The molecule has 41 heavy (non-hydrogen) atoms. The molecule has 5 aliphatic carbocycles. The lowest BCUT2D eigenvalue weighted by Gasteiger charge is -2.68. The van der Waals surface area contributed by atoms with Crippen LogP contribution in [0.5, 0.6) is 0 Å². The van der Waals surface area contributed by atoms with Crippen LogP contribution < -0.4 is 0 Å². The quantitative estimate of drug-likeness (QED) is 0.262. The third-order valence-electron chi connectivity index (χ3n) is 14.0. The Balaban J connectivity index is 1.39. The van der Waals surface area contributed by atoms with E-state index in [1.54, 1.807) is 6.92 Å². The molecule has 0 aromatic carbocycles. The lowest BCUT2D eigenvalue weighted by atomic mass is 9.34. The summed E-state index contributed by atoms with van der Waals surface area (Å²) in [6.07, 6.45) is 13.6. The van der Waals surface area contributed by atoms with Crippen molar-refractivity contribution in [2.24, 2.45) is 75.4 Å². The Bertz CT molecular complexity index is 1200. The van der Waals surface area contributed by atoms with Gasteiger partial charge in [0.2, 0.25) is 0 Å². The molecule has 4 heteroatoms. The first-order valence-electron chi connectivity index (χ1n) is 16.8. The number of hydrogen-bond acceptors (Lipinski definition) is 4. The van der Waals surface area contributed by atoms with Gasteiger partial charge in [0.05, 0.1) is 18.1 Å². The zero-order chi connectivity index (χ0) is 29.8. The van der Waals surface area contributed by atoms with Crippen LogP contribution in [0.25, 0.3) is 0 Å². The molecule has 0 bridgehead atoms. The Kier molecular flexibility index (Phi) is 7.00. The Hall–Kier alpha value is -1.55. The largest absolute Gasteiger partial charge is 0.366 e. The van der Waals surface area contributed by atoms with Crippen molar-refractivity contribution in [3.05, 3.63) is 23.8 Å². The highest BCUT2D eigenvalue weighted by Crippen LogP contribution is 2.71. The van der Waals surface area contributed by atoms with E-state index in [-0.39, 0.29) is 64.2 Å². The number of allylic oxidation sites excluding steroid dienone is 2. The minimum Gasteiger partial charge on any atom is -0.366 e. The fourth-order valence-corrected chi connectivity index (χ4v) is 12.1. The maximum absolute atomic E-state index is 15.0. The molecule has 14 unspecified atom stereocenters. The number of carbonyl (C=O) groups excluding carboxylic acids is 3. The molecule has 14 atom stereocenters. The first kappa shape index (κ1) is 29.5. The second kappa shape index (κ2) is 9.73. The molecule has 4 fully saturated rings. The van der Waals surface area contributed by atoms with Crippen LogP contribution in [0, 0.1) is 75.4 Å². The van der Waals surface area contributed by atoms with Crippen molar-refractivity contribution < 1.29 is 19.1 Å². The molecule has 1 heterocycles. The summed E-state index contributed by atoms with van der Waals surface area (Å²) in [5, 5.41) is 0. The summed E-state index contributed by atoms with van der Waals surface area (Å²) in [7, 11) is 0. The normalized spacial score (nSPS) is 52.8. The van der Waals surface area contributed by atoms with Gasteiger partial charge in [-0.15, -0.1) is 0 Å². The van der Waals surface area contributed by atoms with E-state index in [0.717, 1.165) is 32.1 Å². The Morgan fingerprint density at radius 1 is 1.07 bits per heavy atom. The molecule has 0 aromatic heterocycles. The summed E-state index contributed by atoms with van der Waals surface area (Å²) >= 11 is 0. The maximum Gasteiger partial charge on any atom is 0.150 e. The molecular formula is C37H54O4. The molecule has 1 aliphatic heterocycles. The van der Waals surface area contributed by atoms with Crippen LogP contribution in [-0.2, 0) is 19.1 Å². The highest BCUT2D eigenvalue weighted by molar-refractivity contribution is 6.05. The van der Waals surface area contributed by atoms with Crippen molar-refractivity contribution in [1.29, 1.82) is 0 Å². The predicted octanol–water partition coefficient (Wildman–Crippen LogP) is 7.65. The molecule has 0 N–H and O–H groups in total. The highest BCUT2D eigenvalue weighted by Gasteiger charge is 2.71. The van der Waals surface area contributed by atoms with Crippen LogP contribution >= 0.6 is 0 Å². The minimum atomic E-state index is -0.673. The molecule has 6 aliphatic rings. The smallest absolute Gasteiger partial charge is 0.150 e. The fraction of sp³-hybridized carbons (Fsp3) is 0.811. The van der Waals surface area contributed by atoms with E-state index in [9.17, 15) is 9.59 Å². The summed E-state index contributed by atoms with van der Waals surface area (Å²) in [6.45, 7) is 19.6. The van der Waals surface area contributed by atoms with Gasteiger partial charge < -0.3 is 4.74 Å². The standard InChI is InChI=1S/C37H54O4/c1-19(2)25-15-26(29-14-24-12-10-11-13-28(24)41-29)21(4)31-27(25)17-35(7)18-36(8)16-20(3)30(23(6)38)34(40)37(36,9)22(5)32(35)33(31)39/h11,13,15,19-22,24-25,27-32H,10,12,14,16-18H2,1-9H3. The average Bonchev–Trinajstić information content (AvgIpc) is 3.29. The second-order valence-electron chi connectivity index (χ2n) is 16.7. The molecular weight excluding hydrogens is 508 g/mol. The van der Waals surface area contributed by atoms with Crippen LogP contribution in [0.3, 0.4) is 0 Å². The van der Waals surface area contributed by atoms with Gasteiger partial charge in [-0.25, -0.2) is 0 Å². The van der Waals surface area contributed by atoms with Gasteiger partial charge in [0, 0.05) is 17.3 Å². The lowest BCUT2D eigenvalue weighted by Crippen LogP contribution is -2.68. The van der Waals surface area contributed by atoms with Crippen LogP contribution in [0.15, 0.2) is 23.8 Å². The van der Waals surface area contributed by atoms with Crippen molar-refractivity contribution in [2.45, 2.75) is 113 Å². The number of rotatable bonds is 3. The van der Waals surface area contributed by atoms with E-state index in [1.165, 1.54) is 12.0 Å². The molecule has 0 radical (unpaired) electrons. The van der Waals surface area contributed by atoms with Crippen LogP contribution in [0.1, 0.15) is 101 Å². The van der Waals surface area contributed by atoms with Gasteiger partial charge in [-0.3, -0.25) is 14.4 Å². The highest BCUT2D eigenvalue weighted by atomic mass is 16.5. The van der Waals surface area contributed by atoms with E-state index >= 15 is 4.79 Å². The molecule has 3 saturated carbocycles. The Morgan fingerprint density at radius 3 is 2.41 bits per heavy atom. The summed E-state index contributed by atoms with van der Waals surface area (Å²) < 4.78 is 6.68. The second-order valence-corrected chi connectivity index (χ2v) is 16.7. The average molecular weight is 563 g/mol. The van der Waals surface area contributed by atoms with Crippen LogP contribution in [-0.4, -0.2) is 29.6 Å². The third-order valence-corrected chi connectivity index (χ3v) is 14.0. The molecule has 0 amide bonds. The van der Waals surface area contributed by atoms with Crippen molar-refractivity contribution in [3.63, 3.8) is 0 Å². The number of fused-ring (bicyclic) bond motifs is 4. The molecule has 0 aromatic rings. The SMILES string of the molecule is CC(=O)C1C(=O)C2(C)C(C)C3C(=O)C4C(C)C(C5CC6CCC=CC6O5)=CC(C(C)C)C4CC3(C)CC2(C)CC1C. The zero-order valence-corrected chi connectivity index (χ0v) is 27.0. The van der Waals surface area contributed by atoms with Gasteiger partial charge in [-0.1, -0.05) is 73.6 Å². The van der Waals surface area contributed by atoms with Gasteiger partial charge in [0.15, 0.2) is 0 Å². The van der Waals surface area contributed by atoms with Gasteiger partial charge in [0.1, 0.15) is 17.3 Å². The van der Waals surface area contributed by atoms with Crippen molar-refractivity contribution in [1.82, 2.24) is 0 Å². The van der Waals surface area contributed by atoms with Gasteiger partial charge in [0.25, 0.3) is 0 Å². The van der Waals surface area contributed by atoms with Crippen molar-refractivity contribution in [2.75, 3.05) is 0 Å². The molecule has 226 valence electrons. The fourth-order valence-electron chi connectivity index (χ4n) is 12.1. The first-order valence-corrected chi connectivity index (χ1v) is 16.8. The van der Waals surface area contributed by atoms with Gasteiger partial charge >= 0.3 is 0 Å². The van der Waals surface area contributed by atoms with Crippen LogP contribution in [0.2, 0.25) is 0 Å². The topological polar surface area (TPSA) is 60.4 Å². The summed E-state index contributed by atoms with van der Waals surface area (Å²) in [6, 6.07) is 0. The van der Waals surface area contributed by atoms with E-state index in [1.807, 2.05) is 0 Å². The van der Waals surface area contributed by atoms with Gasteiger partial charge in [-0.2, -0.15) is 0 Å². The lowest BCUT2D eigenvalue weighted by molar-refractivity contribution is -0.200. The number of ether oxygens (including phenoxy) is 1. The summed E-state index contributed by atoms with van der Waals surface area (Å²) in [4.78, 5) is 42.1. The molecule has 1 saturated heterocycles. The number of hydrogen-bond donors (Lipinski definition) is 0. The monoisotopic (exact) mass is 562 g/mol. The van der Waals surface area contributed by atoms with Crippen LogP contribution in [0.4, 0.5) is 0 Å². The van der Waals surface area contributed by atoms with E-state index in [2.05, 4.69) is 73.6 Å². The third kappa shape index (κ3) is 4.04. The van der Waals surface area contributed by atoms with Gasteiger partial charge in [-0.05, 0) is 103 Å². The molecule has 0 spiro atoms.